The van der Waals surface area contributed by atoms with Crippen molar-refractivity contribution in [2.45, 2.75) is 44.8 Å². The van der Waals surface area contributed by atoms with Gasteiger partial charge in [0.25, 0.3) is 5.89 Å². The first-order valence-electron chi connectivity index (χ1n) is 7.37. The fraction of sp³-hybridized carbons (Fsp3) is 0.500. The van der Waals surface area contributed by atoms with Gasteiger partial charge in [0.05, 0.1) is 12.7 Å². The first-order chi connectivity index (χ1) is 10.1. The minimum absolute atomic E-state index is 0.343. The molecular weight excluding hydrogens is 266 g/mol. The second-order valence-electron chi connectivity index (χ2n) is 6.02. The van der Waals surface area contributed by atoms with E-state index in [1.165, 1.54) is 6.42 Å². The average Bonchev–Trinajstić information content (AvgIpc) is 2.87. The van der Waals surface area contributed by atoms with Crippen LogP contribution in [0.3, 0.4) is 0 Å². The Balaban J connectivity index is 1.75. The molecule has 2 aromatic rings. The molecule has 1 heterocycles. The first-order valence-corrected chi connectivity index (χ1v) is 7.37. The average molecular weight is 287 g/mol. The highest BCUT2D eigenvalue weighted by Crippen LogP contribution is 2.26. The second kappa shape index (κ2) is 5.58. The molecule has 0 amide bonds. The molecule has 1 aromatic heterocycles. The third-order valence-corrected chi connectivity index (χ3v) is 3.98. The van der Waals surface area contributed by atoms with Gasteiger partial charge in [-0.15, -0.1) is 0 Å². The zero-order chi connectivity index (χ0) is 14.9. The molecule has 1 unspecified atom stereocenters. The van der Waals surface area contributed by atoms with Gasteiger partial charge in [-0.3, -0.25) is 0 Å². The molecular formula is C16H21N3O2. The van der Waals surface area contributed by atoms with Gasteiger partial charge in [-0.1, -0.05) is 23.4 Å². The molecule has 5 heteroatoms. The molecule has 0 saturated heterocycles. The molecule has 3 rings (SSSR count). The normalized spacial score (nSPS) is 18.2. The molecule has 1 aromatic carbocycles. The van der Waals surface area contributed by atoms with Crippen LogP contribution in [0.15, 0.2) is 28.8 Å². The number of nitrogens with zero attached hydrogens (tertiary/aromatic N) is 2. The highest BCUT2D eigenvalue weighted by atomic mass is 16.5. The van der Waals surface area contributed by atoms with Gasteiger partial charge in [-0.2, -0.15) is 4.98 Å². The Morgan fingerprint density at radius 1 is 1.38 bits per heavy atom. The predicted octanol–water partition coefficient (Wildman–Crippen LogP) is 2.79. The van der Waals surface area contributed by atoms with E-state index < -0.39 is 5.54 Å². The third-order valence-electron chi connectivity index (χ3n) is 3.98. The summed E-state index contributed by atoms with van der Waals surface area (Å²) in [5.41, 5.74) is 7.58. The number of ether oxygens (including phenoxy) is 1. The molecule has 1 saturated carbocycles. The molecule has 1 atom stereocenters. The molecule has 1 aliphatic carbocycles. The molecule has 0 aliphatic heterocycles. The summed E-state index contributed by atoms with van der Waals surface area (Å²) in [7, 11) is 0. The maximum absolute atomic E-state index is 6.28. The van der Waals surface area contributed by atoms with E-state index in [1.54, 1.807) is 0 Å². The van der Waals surface area contributed by atoms with Crippen LogP contribution in [0.2, 0.25) is 0 Å². The Labute approximate surface area is 124 Å². The topological polar surface area (TPSA) is 74.2 Å². The Morgan fingerprint density at radius 2 is 2.14 bits per heavy atom. The van der Waals surface area contributed by atoms with Crippen LogP contribution in [0.5, 0.6) is 0 Å². The van der Waals surface area contributed by atoms with Crippen LogP contribution in [-0.2, 0) is 10.3 Å². The zero-order valence-electron chi connectivity index (χ0n) is 12.5. The van der Waals surface area contributed by atoms with E-state index in [-0.39, 0.29) is 0 Å². The third kappa shape index (κ3) is 2.99. The molecule has 1 aliphatic rings. The van der Waals surface area contributed by atoms with Crippen LogP contribution >= 0.6 is 0 Å². The van der Waals surface area contributed by atoms with Gasteiger partial charge in [-0.25, -0.2) is 0 Å². The van der Waals surface area contributed by atoms with E-state index in [0.29, 0.717) is 24.4 Å². The standard InChI is InChI=1S/C16H21N3O2/c1-11-6-3-4-9-13(11)14-18-15(19-21-14)16(2,17)10-20-12-7-5-8-12/h3-4,6,9,12H,5,7-8,10,17H2,1-2H3. The summed E-state index contributed by atoms with van der Waals surface area (Å²) in [6.07, 6.45) is 3.83. The molecule has 5 nitrogen and oxygen atoms in total. The second-order valence-corrected chi connectivity index (χ2v) is 6.02. The van der Waals surface area contributed by atoms with E-state index in [0.717, 1.165) is 24.0 Å². The van der Waals surface area contributed by atoms with Gasteiger partial charge in [0.15, 0.2) is 5.82 Å². The number of hydrogen-bond acceptors (Lipinski definition) is 5. The summed E-state index contributed by atoms with van der Waals surface area (Å²) in [6, 6.07) is 7.91. The Morgan fingerprint density at radius 3 is 2.81 bits per heavy atom. The Kier molecular flexibility index (Phi) is 3.78. The Hall–Kier alpha value is -1.72. The smallest absolute Gasteiger partial charge is 0.258 e. The van der Waals surface area contributed by atoms with Gasteiger partial charge < -0.3 is 15.0 Å². The van der Waals surface area contributed by atoms with E-state index >= 15 is 0 Å². The number of benzene rings is 1. The van der Waals surface area contributed by atoms with E-state index in [2.05, 4.69) is 10.1 Å². The van der Waals surface area contributed by atoms with Crippen molar-refractivity contribution in [2.24, 2.45) is 5.73 Å². The van der Waals surface area contributed by atoms with Crippen LogP contribution in [0.1, 0.15) is 37.6 Å². The van der Waals surface area contributed by atoms with Crippen molar-refractivity contribution in [3.63, 3.8) is 0 Å². The lowest BCUT2D eigenvalue weighted by Crippen LogP contribution is -2.41. The van der Waals surface area contributed by atoms with Gasteiger partial charge in [0.1, 0.15) is 5.54 Å². The molecule has 21 heavy (non-hydrogen) atoms. The number of aryl methyl sites for hydroxylation is 1. The maximum atomic E-state index is 6.28. The summed E-state index contributed by atoms with van der Waals surface area (Å²) in [6.45, 7) is 4.29. The van der Waals surface area contributed by atoms with Crippen molar-refractivity contribution in [2.75, 3.05) is 6.61 Å². The summed E-state index contributed by atoms with van der Waals surface area (Å²) < 4.78 is 11.2. The summed E-state index contributed by atoms with van der Waals surface area (Å²) in [5, 5.41) is 4.04. The zero-order valence-corrected chi connectivity index (χ0v) is 12.5. The quantitative estimate of drug-likeness (QED) is 0.915. The van der Waals surface area contributed by atoms with Gasteiger partial charge in [0.2, 0.25) is 0 Å². The van der Waals surface area contributed by atoms with Crippen molar-refractivity contribution in [3.05, 3.63) is 35.7 Å². The number of nitrogens with two attached hydrogens (primary N) is 1. The van der Waals surface area contributed by atoms with Crippen LogP contribution in [0.25, 0.3) is 11.5 Å². The summed E-state index contributed by atoms with van der Waals surface area (Å²) in [5.74, 6) is 0.989. The predicted molar refractivity (Wildman–Crippen MR) is 79.6 cm³/mol. The minimum Gasteiger partial charge on any atom is -0.376 e. The fourth-order valence-corrected chi connectivity index (χ4v) is 2.27. The van der Waals surface area contributed by atoms with Crippen molar-refractivity contribution in [3.8, 4) is 11.5 Å². The monoisotopic (exact) mass is 287 g/mol. The van der Waals surface area contributed by atoms with Crippen LogP contribution in [0, 0.1) is 6.92 Å². The molecule has 112 valence electrons. The van der Waals surface area contributed by atoms with Crippen molar-refractivity contribution < 1.29 is 9.26 Å². The highest BCUT2D eigenvalue weighted by Gasteiger charge is 2.30. The number of hydrogen-bond donors (Lipinski definition) is 1. The van der Waals surface area contributed by atoms with Crippen LogP contribution in [0.4, 0.5) is 0 Å². The van der Waals surface area contributed by atoms with E-state index in [9.17, 15) is 0 Å². The molecule has 0 radical (unpaired) electrons. The van der Waals surface area contributed by atoms with Gasteiger partial charge in [0, 0.05) is 5.56 Å². The fourth-order valence-electron chi connectivity index (χ4n) is 2.27. The Bertz CT molecular complexity index is 617. The lowest BCUT2D eigenvalue weighted by Gasteiger charge is -2.29. The number of rotatable bonds is 5. The lowest BCUT2D eigenvalue weighted by atomic mass is 9.95. The molecule has 0 bridgehead atoms. The van der Waals surface area contributed by atoms with Crippen LogP contribution < -0.4 is 5.73 Å². The van der Waals surface area contributed by atoms with E-state index in [1.807, 2.05) is 38.1 Å². The highest BCUT2D eigenvalue weighted by molar-refractivity contribution is 5.57. The summed E-state index contributed by atoms with van der Waals surface area (Å²) in [4.78, 5) is 4.45. The lowest BCUT2D eigenvalue weighted by molar-refractivity contribution is -0.0222. The van der Waals surface area contributed by atoms with Crippen LogP contribution in [-0.4, -0.2) is 22.9 Å². The van der Waals surface area contributed by atoms with E-state index in [4.69, 9.17) is 15.0 Å². The van der Waals surface area contributed by atoms with Crippen molar-refractivity contribution >= 4 is 0 Å². The number of aromatic nitrogens is 2. The van der Waals surface area contributed by atoms with Crippen molar-refractivity contribution in [1.29, 1.82) is 0 Å². The molecule has 1 fully saturated rings. The molecule has 0 spiro atoms. The minimum atomic E-state index is -0.736. The largest absolute Gasteiger partial charge is 0.376 e. The van der Waals surface area contributed by atoms with Gasteiger partial charge in [-0.05, 0) is 44.7 Å². The SMILES string of the molecule is Cc1ccccc1-c1nc(C(C)(N)COC2CCC2)no1. The molecule has 2 N–H and O–H groups in total. The summed E-state index contributed by atoms with van der Waals surface area (Å²) >= 11 is 0. The van der Waals surface area contributed by atoms with Crippen molar-refractivity contribution in [1.82, 2.24) is 10.1 Å². The maximum Gasteiger partial charge on any atom is 0.258 e. The van der Waals surface area contributed by atoms with Gasteiger partial charge >= 0.3 is 0 Å². The first kappa shape index (κ1) is 14.2.